The van der Waals surface area contributed by atoms with Crippen molar-refractivity contribution in [2.45, 2.75) is 60.0 Å². The number of nitrogens with one attached hydrogen (secondary N) is 1. The molecule has 0 heterocycles. The number of hydrogen-bond donors (Lipinski definition) is 1. The van der Waals surface area contributed by atoms with Crippen LogP contribution in [0.4, 0.5) is 0 Å². The lowest BCUT2D eigenvalue weighted by molar-refractivity contribution is 0.239. The SMILES string of the molecule is CCOc1cccc(CNC(C)(C)CC(C)(C)C)c1OC. The molecule has 0 saturated heterocycles. The van der Waals surface area contributed by atoms with Gasteiger partial charge in [0.1, 0.15) is 0 Å². The Hall–Kier alpha value is -1.22. The molecule has 0 unspecified atom stereocenters. The second kappa shape index (κ2) is 7.17. The van der Waals surface area contributed by atoms with E-state index in [9.17, 15) is 0 Å². The molecule has 0 atom stereocenters. The molecule has 0 spiro atoms. The highest BCUT2D eigenvalue weighted by atomic mass is 16.5. The minimum atomic E-state index is 0.0743. The fraction of sp³-hybridized carbons (Fsp3) is 0.667. The fourth-order valence-corrected chi connectivity index (χ4v) is 2.92. The summed E-state index contributed by atoms with van der Waals surface area (Å²) in [6.45, 7) is 14.7. The van der Waals surface area contributed by atoms with Crippen molar-refractivity contribution in [3.8, 4) is 11.5 Å². The van der Waals surface area contributed by atoms with Gasteiger partial charge >= 0.3 is 0 Å². The molecule has 1 N–H and O–H groups in total. The van der Waals surface area contributed by atoms with E-state index in [0.29, 0.717) is 12.0 Å². The summed E-state index contributed by atoms with van der Waals surface area (Å²) in [7, 11) is 1.70. The summed E-state index contributed by atoms with van der Waals surface area (Å²) >= 11 is 0. The van der Waals surface area contributed by atoms with Crippen LogP contribution in [0.15, 0.2) is 18.2 Å². The van der Waals surface area contributed by atoms with Crippen LogP contribution in [0.25, 0.3) is 0 Å². The Morgan fingerprint density at radius 3 is 2.29 bits per heavy atom. The average Bonchev–Trinajstić information content (AvgIpc) is 2.34. The minimum Gasteiger partial charge on any atom is -0.493 e. The fourth-order valence-electron chi connectivity index (χ4n) is 2.92. The molecule has 0 bridgehead atoms. The lowest BCUT2D eigenvalue weighted by Crippen LogP contribution is -2.41. The normalized spacial score (nSPS) is 12.3. The molecular weight excluding hydrogens is 262 g/mol. The molecule has 0 aliphatic carbocycles. The van der Waals surface area contributed by atoms with Crippen molar-refractivity contribution in [3.05, 3.63) is 23.8 Å². The van der Waals surface area contributed by atoms with Gasteiger partial charge in [0.15, 0.2) is 11.5 Å². The van der Waals surface area contributed by atoms with Crippen LogP contribution >= 0.6 is 0 Å². The highest BCUT2D eigenvalue weighted by Gasteiger charge is 2.25. The van der Waals surface area contributed by atoms with Crippen LogP contribution < -0.4 is 14.8 Å². The van der Waals surface area contributed by atoms with Gasteiger partial charge in [0, 0.05) is 17.6 Å². The quantitative estimate of drug-likeness (QED) is 0.808. The second-order valence-corrected chi connectivity index (χ2v) is 7.36. The molecule has 0 amide bonds. The molecule has 0 saturated carbocycles. The van der Waals surface area contributed by atoms with E-state index in [-0.39, 0.29) is 5.54 Å². The van der Waals surface area contributed by atoms with Crippen molar-refractivity contribution >= 4 is 0 Å². The van der Waals surface area contributed by atoms with Gasteiger partial charge in [-0.1, -0.05) is 32.9 Å². The first-order chi connectivity index (χ1) is 9.68. The number of ether oxygens (including phenoxy) is 2. The van der Waals surface area contributed by atoms with Gasteiger partial charge in [0.25, 0.3) is 0 Å². The molecule has 1 rings (SSSR count). The first-order valence-corrected chi connectivity index (χ1v) is 7.72. The van der Waals surface area contributed by atoms with Gasteiger partial charge in [-0.2, -0.15) is 0 Å². The molecule has 0 fully saturated rings. The maximum absolute atomic E-state index is 5.63. The van der Waals surface area contributed by atoms with E-state index in [1.54, 1.807) is 7.11 Å². The molecular formula is C18H31NO2. The number of benzene rings is 1. The van der Waals surface area contributed by atoms with E-state index in [1.807, 2.05) is 19.1 Å². The minimum absolute atomic E-state index is 0.0743. The van der Waals surface area contributed by atoms with E-state index < -0.39 is 0 Å². The predicted molar refractivity (Wildman–Crippen MR) is 89.2 cm³/mol. The molecule has 0 aliphatic rings. The van der Waals surface area contributed by atoms with E-state index in [0.717, 1.165) is 30.0 Å². The third-order valence-electron chi connectivity index (χ3n) is 3.29. The summed E-state index contributed by atoms with van der Waals surface area (Å²) in [6, 6.07) is 6.05. The van der Waals surface area contributed by atoms with E-state index in [2.05, 4.69) is 46.0 Å². The first-order valence-electron chi connectivity index (χ1n) is 7.72. The van der Waals surface area contributed by atoms with Crippen LogP contribution in [0, 0.1) is 5.41 Å². The van der Waals surface area contributed by atoms with Gasteiger partial charge in [-0.15, -0.1) is 0 Å². The van der Waals surface area contributed by atoms with Crippen molar-refractivity contribution in [1.29, 1.82) is 0 Å². The number of para-hydroxylation sites is 1. The van der Waals surface area contributed by atoms with Crippen molar-refractivity contribution < 1.29 is 9.47 Å². The summed E-state index contributed by atoms with van der Waals surface area (Å²) in [5.74, 6) is 1.64. The Kier molecular flexibility index (Phi) is 6.09. The highest BCUT2D eigenvalue weighted by molar-refractivity contribution is 5.46. The zero-order chi connectivity index (χ0) is 16.1. The van der Waals surface area contributed by atoms with E-state index in [1.165, 1.54) is 0 Å². The smallest absolute Gasteiger partial charge is 0.165 e. The molecule has 1 aromatic carbocycles. The number of rotatable bonds is 7. The Morgan fingerprint density at radius 1 is 1.10 bits per heavy atom. The van der Waals surface area contributed by atoms with Crippen LogP contribution in [0.2, 0.25) is 0 Å². The zero-order valence-corrected chi connectivity index (χ0v) is 14.7. The van der Waals surface area contributed by atoms with Gasteiger partial charge in [0.2, 0.25) is 0 Å². The second-order valence-electron chi connectivity index (χ2n) is 7.36. The number of methoxy groups -OCH3 is 1. The number of hydrogen-bond acceptors (Lipinski definition) is 3. The zero-order valence-electron chi connectivity index (χ0n) is 14.7. The molecule has 0 radical (unpaired) electrons. The monoisotopic (exact) mass is 293 g/mol. The molecule has 1 aromatic rings. The van der Waals surface area contributed by atoms with Crippen LogP contribution in [-0.2, 0) is 6.54 Å². The Balaban J connectivity index is 2.81. The average molecular weight is 293 g/mol. The Labute approximate surface area is 130 Å². The van der Waals surface area contributed by atoms with Crippen molar-refractivity contribution in [2.75, 3.05) is 13.7 Å². The third-order valence-corrected chi connectivity index (χ3v) is 3.29. The molecule has 21 heavy (non-hydrogen) atoms. The van der Waals surface area contributed by atoms with Gasteiger partial charge in [-0.3, -0.25) is 0 Å². The summed E-state index contributed by atoms with van der Waals surface area (Å²) in [5.41, 5.74) is 1.50. The summed E-state index contributed by atoms with van der Waals surface area (Å²) in [6.07, 6.45) is 1.10. The van der Waals surface area contributed by atoms with Crippen LogP contribution in [0.5, 0.6) is 11.5 Å². The van der Waals surface area contributed by atoms with Crippen molar-refractivity contribution in [2.24, 2.45) is 5.41 Å². The van der Waals surface area contributed by atoms with Crippen molar-refractivity contribution in [3.63, 3.8) is 0 Å². The largest absolute Gasteiger partial charge is 0.493 e. The summed E-state index contributed by atoms with van der Waals surface area (Å²) in [5, 5.41) is 3.64. The standard InChI is InChI=1S/C18H31NO2/c1-8-21-15-11-9-10-14(16(15)20-7)12-19-18(5,6)13-17(2,3)4/h9-11,19H,8,12-13H2,1-7H3. The topological polar surface area (TPSA) is 30.5 Å². The van der Waals surface area contributed by atoms with Gasteiger partial charge in [0.05, 0.1) is 13.7 Å². The van der Waals surface area contributed by atoms with E-state index in [4.69, 9.17) is 9.47 Å². The predicted octanol–water partition coefficient (Wildman–Crippen LogP) is 4.40. The lowest BCUT2D eigenvalue weighted by Gasteiger charge is -2.33. The molecule has 0 aromatic heterocycles. The molecule has 120 valence electrons. The maximum Gasteiger partial charge on any atom is 0.165 e. The van der Waals surface area contributed by atoms with Gasteiger partial charge < -0.3 is 14.8 Å². The molecule has 3 heteroatoms. The molecule has 3 nitrogen and oxygen atoms in total. The summed E-state index contributed by atoms with van der Waals surface area (Å²) < 4.78 is 11.2. The lowest BCUT2D eigenvalue weighted by atomic mass is 9.82. The summed E-state index contributed by atoms with van der Waals surface area (Å²) in [4.78, 5) is 0. The van der Waals surface area contributed by atoms with Gasteiger partial charge in [-0.05, 0) is 38.7 Å². The van der Waals surface area contributed by atoms with Crippen LogP contribution in [-0.4, -0.2) is 19.3 Å². The first kappa shape index (κ1) is 17.8. The van der Waals surface area contributed by atoms with Crippen LogP contribution in [0.3, 0.4) is 0 Å². The molecule has 0 aliphatic heterocycles. The Morgan fingerprint density at radius 2 is 1.76 bits per heavy atom. The van der Waals surface area contributed by atoms with Gasteiger partial charge in [-0.25, -0.2) is 0 Å². The van der Waals surface area contributed by atoms with Crippen LogP contribution in [0.1, 0.15) is 53.5 Å². The van der Waals surface area contributed by atoms with Crippen molar-refractivity contribution in [1.82, 2.24) is 5.32 Å². The maximum atomic E-state index is 5.63. The third kappa shape index (κ3) is 5.96. The Bertz CT molecular complexity index is 447. The van der Waals surface area contributed by atoms with E-state index >= 15 is 0 Å². The highest BCUT2D eigenvalue weighted by Crippen LogP contribution is 2.32.